The van der Waals surface area contributed by atoms with Crippen LogP contribution in [0, 0.1) is 0 Å². The van der Waals surface area contributed by atoms with E-state index in [0.29, 0.717) is 5.06 Å². The fourth-order valence-corrected chi connectivity index (χ4v) is 2.16. The molecule has 0 radical (unpaired) electrons. The molecular formula is C14H9F2N3O4. The average molecular weight is 321 g/mol. The first-order valence-corrected chi connectivity index (χ1v) is 6.49. The van der Waals surface area contributed by atoms with Crippen LogP contribution in [-0.4, -0.2) is 39.1 Å². The van der Waals surface area contributed by atoms with Crippen LogP contribution >= 0.6 is 0 Å². The van der Waals surface area contributed by atoms with Crippen LogP contribution in [0.3, 0.4) is 0 Å². The van der Waals surface area contributed by atoms with Gasteiger partial charge in [-0.15, -0.1) is 0 Å². The molecule has 0 fully saturated rings. The van der Waals surface area contributed by atoms with Crippen LogP contribution in [0.4, 0.5) is 8.78 Å². The summed E-state index contributed by atoms with van der Waals surface area (Å²) in [5.41, 5.74) is -0.0837. The van der Waals surface area contributed by atoms with E-state index in [2.05, 4.69) is 5.10 Å². The molecule has 23 heavy (non-hydrogen) atoms. The maximum absolute atomic E-state index is 12.4. The number of halogens is 2. The third-order valence-electron chi connectivity index (χ3n) is 3.17. The lowest BCUT2D eigenvalue weighted by Gasteiger charge is -2.13. The van der Waals surface area contributed by atoms with Crippen LogP contribution in [0.15, 0.2) is 36.5 Å². The third kappa shape index (κ3) is 2.56. The summed E-state index contributed by atoms with van der Waals surface area (Å²) in [4.78, 5) is 40.9. The number of alkyl halides is 2. The lowest BCUT2D eigenvalue weighted by atomic mass is 10.1. The summed E-state index contributed by atoms with van der Waals surface area (Å²) in [6, 6.07) is 7.12. The van der Waals surface area contributed by atoms with E-state index < -0.39 is 30.8 Å². The Morgan fingerprint density at radius 1 is 1.13 bits per heavy atom. The summed E-state index contributed by atoms with van der Waals surface area (Å²) >= 11 is 0. The van der Waals surface area contributed by atoms with Crippen molar-refractivity contribution < 1.29 is 28.0 Å². The number of hydrogen-bond donors (Lipinski definition) is 0. The minimum atomic E-state index is -2.72. The zero-order chi connectivity index (χ0) is 16.6. The van der Waals surface area contributed by atoms with Crippen LogP contribution in [0.25, 0.3) is 0 Å². The highest BCUT2D eigenvalue weighted by molar-refractivity contribution is 6.21. The predicted octanol–water partition coefficient (Wildman–Crippen LogP) is 1.52. The van der Waals surface area contributed by atoms with Crippen LogP contribution in [0.1, 0.15) is 31.2 Å². The predicted molar refractivity (Wildman–Crippen MR) is 70.6 cm³/mol. The first-order valence-electron chi connectivity index (χ1n) is 6.49. The smallest absolute Gasteiger partial charge is 0.323 e. The summed E-state index contributed by atoms with van der Waals surface area (Å²) in [6.07, 6.45) is -1.58. The maximum Gasteiger partial charge on any atom is 0.381 e. The highest BCUT2D eigenvalue weighted by Crippen LogP contribution is 2.23. The number of nitrogens with zero attached hydrogens (tertiary/aromatic N) is 3. The number of carbonyl (C=O) groups excluding carboxylic acids is 3. The van der Waals surface area contributed by atoms with Gasteiger partial charge in [0.1, 0.15) is 12.2 Å². The molecule has 0 N–H and O–H groups in total. The highest BCUT2D eigenvalue weighted by atomic mass is 19.3. The van der Waals surface area contributed by atoms with Crippen molar-refractivity contribution in [3.05, 3.63) is 53.3 Å². The second-order valence-corrected chi connectivity index (χ2v) is 4.62. The van der Waals surface area contributed by atoms with Gasteiger partial charge in [0.2, 0.25) is 0 Å². The molecule has 2 amide bonds. The number of amides is 2. The maximum atomic E-state index is 12.4. The molecule has 3 rings (SSSR count). The second kappa shape index (κ2) is 5.59. The first kappa shape index (κ1) is 14.8. The molecule has 0 spiro atoms. The van der Waals surface area contributed by atoms with Crippen LogP contribution in [0.2, 0.25) is 0 Å². The number of rotatable bonds is 4. The van der Waals surface area contributed by atoms with Crippen molar-refractivity contribution in [1.29, 1.82) is 0 Å². The van der Waals surface area contributed by atoms with Gasteiger partial charge in [0.25, 0.3) is 18.2 Å². The molecule has 1 aliphatic rings. The number of aromatic nitrogens is 2. The first-order chi connectivity index (χ1) is 11.0. The quantitative estimate of drug-likeness (QED) is 0.798. The molecule has 0 atom stereocenters. The molecule has 0 unspecified atom stereocenters. The van der Waals surface area contributed by atoms with Crippen LogP contribution < -0.4 is 0 Å². The molecule has 0 saturated carbocycles. The van der Waals surface area contributed by atoms with E-state index in [1.165, 1.54) is 12.1 Å². The van der Waals surface area contributed by atoms with Crippen molar-refractivity contribution >= 4 is 17.8 Å². The molecule has 7 nitrogen and oxygen atoms in total. The normalized spacial score (nSPS) is 13.6. The van der Waals surface area contributed by atoms with Gasteiger partial charge in [0, 0.05) is 6.20 Å². The van der Waals surface area contributed by atoms with Crippen LogP contribution in [0.5, 0.6) is 0 Å². The van der Waals surface area contributed by atoms with E-state index in [4.69, 9.17) is 4.84 Å². The Bertz CT molecular complexity index is 768. The van der Waals surface area contributed by atoms with Gasteiger partial charge in [-0.2, -0.15) is 5.10 Å². The molecule has 0 saturated heterocycles. The van der Waals surface area contributed by atoms with Gasteiger partial charge < -0.3 is 4.84 Å². The molecule has 9 heteroatoms. The summed E-state index contributed by atoms with van der Waals surface area (Å²) in [5, 5.41) is 3.89. The van der Waals surface area contributed by atoms with Crippen molar-refractivity contribution in [2.24, 2.45) is 0 Å². The minimum Gasteiger partial charge on any atom is -0.323 e. The lowest BCUT2D eigenvalue weighted by Crippen LogP contribution is -2.33. The Morgan fingerprint density at radius 2 is 1.74 bits per heavy atom. The fraction of sp³-hybridized carbons (Fsp3) is 0.143. The summed E-state index contributed by atoms with van der Waals surface area (Å²) < 4.78 is 25.6. The van der Waals surface area contributed by atoms with Gasteiger partial charge in [-0.1, -0.05) is 17.2 Å². The van der Waals surface area contributed by atoms with Gasteiger partial charge in [-0.25, -0.2) is 13.6 Å². The van der Waals surface area contributed by atoms with Gasteiger partial charge in [-0.05, 0) is 18.2 Å². The van der Waals surface area contributed by atoms with Gasteiger partial charge in [0.15, 0.2) is 0 Å². The fourth-order valence-electron chi connectivity index (χ4n) is 2.16. The molecule has 0 aliphatic carbocycles. The Kier molecular flexibility index (Phi) is 3.61. The molecule has 2 heterocycles. The Hall–Kier alpha value is -3.10. The number of fused-ring (bicyclic) bond motifs is 1. The van der Waals surface area contributed by atoms with Crippen molar-refractivity contribution in [1.82, 2.24) is 14.8 Å². The summed E-state index contributed by atoms with van der Waals surface area (Å²) in [5.74, 6) is -2.71. The summed E-state index contributed by atoms with van der Waals surface area (Å²) in [7, 11) is 0. The zero-order valence-electron chi connectivity index (χ0n) is 11.5. The van der Waals surface area contributed by atoms with Crippen molar-refractivity contribution in [2.45, 2.75) is 13.0 Å². The molecule has 1 aliphatic heterocycles. The monoisotopic (exact) mass is 321 g/mol. The van der Waals surface area contributed by atoms with Gasteiger partial charge in [-0.3, -0.25) is 14.3 Å². The topological polar surface area (TPSA) is 81.5 Å². The lowest BCUT2D eigenvalue weighted by molar-refractivity contribution is -0.0594. The zero-order valence-corrected chi connectivity index (χ0v) is 11.5. The standard InChI is InChI=1S/C14H9F2N3O4/c15-11(16)7-18-10(5-6-17-18)14(22)23-19-12(20)8-3-1-2-4-9(8)13(19)21/h1-6,11H,7H2. The number of carbonyl (C=O) groups is 3. The van der Waals surface area contributed by atoms with Gasteiger partial charge in [0.05, 0.1) is 11.1 Å². The van der Waals surface area contributed by atoms with Crippen molar-refractivity contribution in [2.75, 3.05) is 0 Å². The molecule has 2 aromatic rings. The van der Waals surface area contributed by atoms with E-state index in [-0.39, 0.29) is 16.8 Å². The number of imide groups is 1. The van der Waals surface area contributed by atoms with E-state index in [0.717, 1.165) is 16.9 Å². The second-order valence-electron chi connectivity index (χ2n) is 4.62. The largest absolute Gasteiger partial charge is 0.381 e. The summed E-state index contributed by atoms with van der Waals surface area (Å²) in [6.45, 7) is -0.806. The molecule has 0 bridgehead atoms. The minimum absolute atomic E-state index is 0.103. The highest BCUT2D eigenvalue weighted by Gasteiger charge is 2.39. The average Bonchev–Trinajstić information content (AvgIpc) is 3.06. The molecule has 1 aromatic carbocycles. The van der Waals surface area contributed by atoms with E-state index in [1.54, 1.807) is 12.1 Å². The molecule has 1 aromatic heterocycles. The van der Waals surface area contributed by atoms with E-state index >= 15 is 0 Å². The Labute approximate surface area is 128 Å². The Morgan fingerprint density at radius 3 is 2.30 bits per heavy atom. The van der Waals surface area contributed by atoms with E-state index in [9.17, 15) is 23.2 Å². The van der Waals surface area contributed by atoms with Crippen molar-refractivity contribution in [3.8, 4) is 0 Å². The Balaban J connectivity index is 1.81. The third-order valence-corrected chi connectivity index (χ3v) is 3.17. The van der Waals surface area contributed by atoms with Crippen LogP contribution in [-0.2, 0) is 11.4 Å². The van der Waals surface area contributed by atoms with E-state index in [1.807, 2.05) is 0 Å². The SMILES string of the molecule is O=C(ON1C(=O)c2ccccc2C1=O)c1ccnn1CC(F)F. The number of benzene rings is 1. The van der Waals surface area contributed by atoms with Crippen molar-refractivity contribution in [3.63, 3.8) is 0 Å². The molecular weight excluding hydrogens is 312 g/mol. The van der Waals surface area contributed by atoms with Gasteiger partial charge >= 0.3 is 5.97 Å². The molecule has 118 valence electrons. The number of hydrogen-bond acceptors (Lipinski definition) is 5. The number of hydroxylamine groups is 2.